The van der Waals surface area contributed by atoms with Crippen molar-refractivity contribution in [3.63, 3.8) is 0 Å². The van der Waals surface area contributed by atoms with E-state index in [4.69, 9.17) is 5.73 Å². The minimum absolute atomic E-state index is 0.468. The second-order valence-corrected chi connectivity index (χ2v) is 6.52. The quantitative estimate of drug-likeness (QED) is 0.854. The first kappa shape index (κ1) is 12.5. The highest BCUT2D eigenvalue weighted by Crippen LogP contribution is 2.40. The van der Waals surface area contributed by atoms with Crippen molar-refractivity contribution in [3.05, 3.63) is 12.3 Å². The Hall–Kier alpha value is -0.990. The summed E-state index contributed by atoms with van der Waals surface area (Å²) in [5.74, 6) is 2.44. The van der Waals surface area contributed by atoms with Crippen LogP contribution in [0.25, 0.3) is 0 Å². The van der Waals surface area contributed by atoms with Crippen molar-refractivity contribution in [1.82, 2.24) is 9.78 Å². The van der Waals surface area contributed by atoms with Gasteiger partial charge in [-0.25, -0.2) is 4.68 Å². The Balaban J connectivity index is 1.86. The summed E-state index contributed by atoms with van der Waals surface area (Å²) in [5, 5.41) is 4.27. The van der Waals surface area contributed by atoms with Crippen LogP contribution in [-0.2, 0) is 6.54 Å². The lowest BCUT2D eigenvalue weighted by molar-refractivity contribution is 0.141. The number of rotatable bonds is 2. The van der Waals surface area contributed by atoms with Crippen LogP contribution in [0.15, 0.2) is 12.3 Å². The van der Waals surface area contributed by atoms with Crippen LogP contribution in [0.2, 0.25) is 0 Å². The molecule has 0 radical (unpaired) electrons. The van der Waals surface area contributed by atoms with E-state index in [0.717, 1.165) is 24.2 Å². The molecule has 0 aliphatic heterocycles. The zero-order valence-corrected chi connectivity index (χ0v) is 11.3. The molecule has 1 aliphatic rings. The number of hydrogen-bond donors (Lipinski definition) is 1. The smallest absolute Gasteiger partial charge is 0.121 e. The molecule has 1 aliphatic carbocycles. The van der Waals surface area contributed by atoms with E-state index in [1.807, 2.05) is 10.7 Å². The summed E-state index contributed by atoms with van der Waals surface area (Å²) >= 11 is 0. The molecule has 0 bridgehead atoms. The van der Waals surface area contributed by atoms with Crippen LogP contribution < -0.4 is 5.73 Å². The molecule has 3 nitrogen and oxygen atoms in total. The van der Waals surface area contributed by atoms with Gasteiger partial charge in [-0.05, 0) is 49.0 Å². The number of anilines is 1. The minimum atomic E-state index is 0.468. The number of nitrogens with zero attached hydrogens (tertiary/aromatic N) is 2. The van der Waals surface area contributed by atoms with Crippen molar-refractivity contribution in [2.24, 2.45) is 17.3 Å². The van der Waals surface area contributed by atoms with Crippen molar-refractivity contribution in [2.75, 3.05) is 5.73 Å². The zero-order chi connectivity index (χ0) is 12.5. The lowest BCUT2D eigenvalue weighted by Crippen LogP contribution is -2.27. The van der Waals surface area contributed by atoms with E-state index in [1.165, 1.54) is 25.7 Å². The van der Waals surface area contributed by atoms with Gasteiger partial charge < -0.3 is 5.73 Å². The Morgan fingerprint density at radius 3 is 2.41 bits per heavy atom. The van der Waals surface area contributed by atoms with Gasteiger partial charge in [0, 0.05) is 6.54 Å². The van der Waals surface area contributed by atoms with E-state index in [-0.39, 0.29) is 0 Å². The molecular weight excluding hydrogens is 210 g/mol. The fourth-order valence-corrected chi connectivity index (χ4v) is 2.95. The van der Waals surface area contributed by atoms with Crippen molar-refractivity contribution < 1.29 is 0 Å². The average molecular weight is 235 g/mol. The molecule has 0 saturated heterocycles. The zero-order valence-electron chi connectivity index (χ0n) is 11.3. The molecule has 17 heavy (non-hydrogen) atoms. The maximum Gasteiger partial charge on any atom is 0.121 e. The number of hydrogen-bond acceptors (Lipinski definition) is 2. The molecule has 3 heteroatoms. The van der Waals surface area contributed by atoms with Crippen molar-refractivity contribution in [2.45, 2.75) is 53.0 Å². The summed E-state index contributed by atoms with van der Waals surface area (Å²) in [7, 11) is 0. The fourth-order valence-electron chi connectivity index (χ4n) is 2.95. The third kappa shape index (κ3) is 3.02. The van der Waals surface area contributed by atoms with Crippen LogP contribution in [0.1, 0.15) is 46.5 Å². The normalized spacial score (nSPS) is 26.1. The predicted molar refractivity (Wildman–Crippen MR) is 71.5 cm³/mol. The van der Waals surface area contributed by atoms with Gasteiger partial charge in [0.05, 0.1) is 6.20 Å². The summed E-state index contributed by atoms with van der Waals surface area (Å²) < 4.78 is 1.95. The van der Waals surface area contributed by atoms with Gasteiger partial charge in [-0.3, -0.25) is 0 Å². The summed E-state index contributed by atoms with van der Waals surface area (Å²) in [6.07, 6.45) is 7.14. The van der Waals surface area contributed by atoms with Gasteiger partial charge in [0.15, 0.2) is 0 Å². The van der Waals surface area contributed by atoms with Gasteiger partial charge in [0.2, 0.25) is 0 Å². The van der Waals surface area contributed by atoms with Crippen molar-refractivity contribution in [1.29, 1.82) is 0 Å². The third-order valence-corrected chi connectivity index (χ3v) is 4.25. The molecule has 1 aromatic rings. The molecule has 1 aromatic heterocycles. The third-order valence-electron chi connectivity index (χ3n) is 4.25. The van der Waals surface area contributed by atoms with Gasteiger partial charge in [-0.1, -0.05) is 20.8 Å². The first-order chi connectivity index (χ1) is 7.97. The number of nitrogen functional groups attached to an aromatic ring is 1. The van der Waals surface area contributed by atoms with Crippen LogP contribution in [0.3, 0.4) is 0 Å². The number of nitrogens with two attached hydrogens (primary N) is 1. The van der Waals surface area contributed by atoms with Gasteiger partial charge >= 0.3 is 0 Å². The largest absolute Gasteiger partial charge is 0.384 e. The maximum atomic E-state index is 5.85. The van der Waals surface area contributed by atoms with E-state index in [2.05, 4.69) is 25.9 Å². The van der Waals surface area contributed by atoms with Crippen LogP contribution >= 0.6 is 0 Å². The summed E-state index contributed by atoms with van der Waals surface area (Å²) in [6, 6.07) is 1.88. The molecule has 0 atom stereocenters. The van der Waals surface area contributed by atoms with Gasteiger partial charge in [-0.2, -0.15) is 5.10 Å². The fraction of sp³-hybridized carbons (Fsp3) is 0.786. The van der Waals surface area contributed by atoms with E-state index in [0.29, 0.717) is 5.41 Å². The average Bonchev–Trinajstić information content (AvgIpc) is 2.64. The van der Waals surface area contributed by atoms with Crippen molar-refractivity contribution >= 4 is 5.82 Å². The molecule has 0 spiro atoms. The number of aromatic nitrogens is 2. The maximum absolute atomic E-state index is 5.85. The molecule has 0 unspecified atom stereocenters. The standard InChI is InChI=1S/C14H25N3/c1-14(2,3)12-6-4-11(5-7-12)10-17-13(15)8-9-16-17/h8-9,11-12H,4-7,10,15H2,1-3H3. The lowest BCUT2D eigenvalue weighted by Gasteiger charge is -2.37. The second-order valence-electron chi connectivity index (χ2n) is 6.52. The van der Waals surface area contributed by atoms with E-state index < -0.39 is 0 Å². The molecule has 0 aromatic carbocycles. The molecule has 1 heterocycles. The van der Waals surface area contributed by atoms with Crippen LogP contribution in [0.4, 0.5) is 5.82 Å². The van der Waals surface area contributed by atoms with Gasteiger partial charge in [0.1, 0.15) is 5.82 Å². The molecule has 0 amide bonds. The van der Waals surface area contributed by atoms with Gasteiger partial charge in [-0.15, -0.1) is 0 Å². The van der Waals surface area contributed by atoms with E-state index >= 15 is 0 Å². The highest BCUT2D eigenvalue weighted by atomic mass is 15.3. The van der Waals surface area contributed by atoms with Crippen LogP contribution in [0.5, 0.6) is 0 Å². The van der Waals surface area contributed by atoms with Gasteiger partial charge in [0.25, 0.3) is 0 Å². The SMILES string of the molecule is CC(C)(C)C1CCC(Cn2nccc2N)CC1. The molecule has 96 valence electrons. The Morgan fingerprint density at radius 2 is 1.94 bits per heavy atom. The monoisotopic (exact) mass is 235 g/mol. The lowest BCUT2D eigenvalue weighted by atomic mass is 9.70. The van der Waals surface area contributed by atoms with Crippen LogP contribution in [0, 0.1) is 17.3 Å². The highest BCUT2D eigenvalue weighted by molar-refractivity contribution is 5.25. The van der Waals surface area contributed by atoms with E-state index in [9.17, 15) is 0 Å². The van der Waals surface area contributed by atoms with Crippen molar-refractivity contribution in [3.8, 4) is 0 Å². The molecular formula is C14H25N3. The molecule has 1 saturated carbocycles. The first-order valence-electron chi connectivity index (χ1n) is 6.74. The summed E-state index contributed by atoms with van der Waals surface area (Å²) in [5.41, 5.74) is 6.32. The molecule has 2 N–H and O–H groups in total. The summed E-state index contributed by atoms with van der Waals surface area (Å²) in [6.45, 7) is 8.09. The Kier molecular flexibility index (Phi) is 3.45. The topological polar surface area (TPSA) is 43.8 Å². The molecule has 1 fully saturated rings. The van der Waals surface area contributed by atoms with E-state index in [1.54, 1.807) is 6.20 Å². The minimum Gasteiger partial charge on any atom is -0.384 e. The highest BCUT2D eigenvalue weighted by Gasteiger charge is 2.29. The van der Waals surface area contributed by atoms with Crippen LogP contribution in [-0.4, -0.2) is 9.78 Å². The molecule has 2 rings (SSSR count). The Labute approximate surface area is 104 Å². The first-order valence-corrected chi connectivity index (χ1v) is 6.74. The predicted octanol–water partition coefficient (Wildman–Crippen LogP) is 3.32. The Bertz CT molecular complexity index is 354. The Morgan fingerprint density at radius 1 is 1.29 bits per heavy atom. The second kappa shape index (κ2) is 4.71. The summed E-state index contributed by atoms with van der Waals surface area (Å²) in [4.78, 5) is 0.